The zero-order valence-electron chi connectivity index (χ0n) is 27.0. The maximum absolute atomic E-state index is 4.70. The standard InChI is InChI=1S/C36H44N4.4ClH/c1-24-16-32(17-25(2)28(24)5)35-20-30(8-12-37-35)22-39(7)34-10-14-40(15-11-34)23-31-9-13-38-36(21-31)33-18-26(3)29(6)27(4)19-33;;;;/h8-9,12-13,16-21,34H,10-11,14-15,22-23H2,1-7H3;4*1H. The normalized spacial score (nSPS) is 13.4. The van der Waals surface area contributed by atoms with Crippen LogP contribution in [0.1, 0.15) is 57.3 Å². The van der Waals surface area contributed by atoms with Gasteiger partial charge in [0.05, 0.1) is 11.4 Å². The molecule has 0 bridgehead atoms. The van der Waals surface area contributed by atoms with Gasteiger partial charge >= 0.3 is 0 Å². The first-order valence-corrected chi connectivity index (χ1v) is 14.7. The topological polar surface area (TPSA) is 32.3 Å². The molecule has 4 aromatic rings. The molecule has 3 heterocycles. The van der Waals surface area contributed by atoms with Crippen molar-refractivity contribution < 1.29 is 0 Å². The Hall–Kier alpha value is -2.18. The smallest absolute Gasteiger partial charge is 0.0705 e. The van der Waals surface area contributed by atoms with E-state index in [9.17, 15) is 0 Å². The lowest BCUT2D eigenvalue weighted by Gasteiger charge is -2.37. The van der Waals surface area contributed by atoms with Crippen LogP contribution >= 0.6 is 49.6 Å². The summed E-state index contributed by atoms with van der Waals surface area (Å²) in [5, 5.41) is 0. The van der Waals surface area contributed by atoms with Crippen molar-refractivity contribution in [2.24, 2.45) is 0 Å². The summed E-state index contributed by atoms with van der Waals surface area (Å²) in [6.45, 7) is 17.3. The fourth-order valence-corrected chi connectivity index (χ4v) is 6.02. The number of nitrogens with zero attached hydrogens (tertiary/aromatic N) is 4. The van der Waals surface area contributed by atoms with Crippen molar-refractivity contribution in [1.82, 2.24) is 19.8 Å². The van der Waals surface area contributed by atoms with Crippen LogP contribution in [-0.2, 0) is 13.1 Å². The van der Waals surface area contributed by atoms with E-state index in [1.165, 1.54) is 68.5 Å². The van der Waals surface area contributed by atoms with E-state index in [0.29, 0.717) is 6.04 Å². The van der Waals surface area contributed by atoms with Crippen LogP contribution in [0.25, 0.3) is 22.5 Å². The van der Waals surface area contributed by atoms with E-state index in [2.05, 4.69) is 107 Å². The van der Waals surface area contributed by atoms with Gasteiger partial charge in [-0.15, -0.1) is 49.6 Å². The highest BCUT2D eigenvalue weighted by Gasteiger charge is 2.23. The van der Waals surface area contributed by atoms with Gasteiger partial charge in [0.1, 0.15) is 0 Å². The summed E-state index contributed by atoms with van der Waals surface area (Å²) in [6.07, 6.45) is 6.32. The molecule has 1 aliphatic heterocycles. The molecule has 5 rings (SSSR count). The summed E-state index contributed by atoms with van der Waals surface area (Å²) < 4.78 is 0. The zero-order chi connectivity index (χ0) is 28.4. The molecule has 1 fully saturated rings. The van der Waals surface area contributed by atoms with Gasteiger partial charge in [-0.1, -0.05) is 0 Å². The van der Waals surface area contributed by atoms with Crippen LogP contribution in [0.5, 0.6) is 0 Å². The molecule has 0 radical (unpaired) electrons. The number of rotatable bonds is 7. The first-order valence-electron chi connectivity index (χ1n) is 14.7. The van der Waals surface area contributed by atoms with E-state index in [1.54, 1.807) is 0 Å². The highest BCUT2D eigenvalue weighted by atomic mass is 35.5. The molecule has 0 N–H and O–H groups in total. The minimum absolute atomic E-state index is 0. The molecule has 240 valence electrons. The van der Waals surface area contributed by atoms with Crippen LogP contribution in [0.4, 0.5) is 0 Å². The van der Waals surface area contributed by atoms with Gasteiger partial charge in [0.25, 0.3) is 0 Å². The first kappa shape index (κ1) is 39.8. The van der Waals surface area contributed by atoms with E-state index < -0.39 is 0 Å². The Bertz CT molecular complexity index is 1470. The van der Waals surface area contributed by atoms with Crippen LogP contribution in [0.2, 0.25) is 0 Å². The number of piperidine rings is 1. The maximum atomic E-state index is 4.70. The van der Waals surface area contributed by atoms with Crippen LogP contribution in [0, 0.1) is 41.5 Å². The molecule has 0 saturated carbocycles. The first-order chi connectivity index (χ1) is 19.2. The van der Waals surface area contributed by atoms with Crippen molar-refractivity contribution >= 4 is 49.6 Å². The van der Waals surface area contributed by atoms with E-state index in [1.807, 2.05) is 12.4 Å². The summed E-state index contributed by atoms with van der Waals surface area (Å²) in [6, 6.07) is 18.6. The van der Waals surface area contributed by atoms with Gasteiger partial charge in [0.15, 0.2) is 0 Å². The minimum atomic E-state index is 0. The SMILES string of the molecule is Cc1cc(-c2cc(CN3CCC(N(C)Cc4ccnc(-c5cc(C)c(C)c(C)c5)c4)CC3)ccn2)cc(C)c1C.Cl.Cl.Cl.Cl. The molecule has 4 nitrogen and oxygen atoms in total. The van der Waals surface area contributed by atoms with Crippen molar-refractivity contribution in [3.8, 4) is 22.5 Å². The quantitative estimate of drug-likeness (QED) is 0.195. The molecule has 0 atom stereocenters. The molecule has 8 heteroatoms. The molecule has 0 amide bonds. The second-order valence-corrected chi connectivity index (χ2v) is 12.0. The Kier molecular flexibility index (Phi) is 15.8. The van der Waals surface area contributed by atoms with Gasteiger partial charge in [-0.05, 0) is 168 Å². The number of aromatic nitrogens is 2. The molecular formula is C36H48Cl4N4. The van der Waals surface area contributed by atoms with Crippen molar-refractivity contribution in [2.75, 3.05) is 20.1 Å². The van der Waals surface area contributed by atoms with E-state index >= 15 is 0 Å². The fraction of sp³-hybridized carbons (Fsp3) is 0.389. The molecule has 0 unspecified atom stereocenters. The number of halogens is 4. The van der Waals surface area contributed by atoms with Crippen LogP contribution in [0.3, 0.4) is 0 Å². The van der Waals surface area contributed by atoms with Crippen LogP contribution in [-0.4, -0.2) is 45.9 Å². The average molecular weight is 679 g/mol. The van der Waals surface area contributed by atoms with Gasteiger partial charge in [-0.3, -0.25) is 19.8 Å². The number of aryl methyl sites for hydroxylation is 4. The van der Waals surface area contributed by atoms with Crippen LogP contribution in [0.15, 0.2) is 60.9 Å². The van der Waals surface area contributed by atoms with Gasteiger partial charge in [0, 0.05) is 42.7 Å². The van der Waals surface area contributed by atoms with E-state index in [4.69, 9.17) is 9.97 Å². The third-order valence-electron chi connectivity index (χ3n) is 9.11. The van der Waals surface area contributed by atoms with Gasteiger partial charge < -0.3 is 0 Å². The Morgan fingerprint density at radius 3 is 1.50 bits per heavy atom. The monoisotopic (exact) mass is 676 g/mol. The van der Waals surface area contributed by atoms with Crippen molar-refractivity contribution in [3.63, 3.8) is 0 Å². The lowest BCUT2D eigenvalue weighted by molar-refractivity contribution is 0.119. The molecule has 0 aliphatic carbocycles. The molecule has 1 saturated heterocycles. The molecule has 2 aromatic heterocycles. The number of pyridine rings is 2. The highest BCUT2D eigenvalue weighted by Crippen LogP contribution is 2.27. The fourth-order valence-electron chi connectivity index (χ4n) is 6.02. The number of benzene rings is 2. The minimum Gasteiger partial charge on any atom is -0.299 e. The predicted molar refractivity (Wildman–Crippen MR) is 197 cm³/mol. The molecule has 44 heavy (non-hydrogen) atoms. The second kappa shape index (κ2) is 17.5. The average Bonchev–Trinajstić information content (AvgIpc) is 2.94. The van der Waals surface area contributed by atoms with E-state index in [-0.39, 0.29) is 49.6 Å². The summed E-state index contributed by atoms with van der Waals surface area (Å²) in [5.41, 5.74) is 15.3. The molecule has 0 spiro atoms. The molecule has 2 aromatic carbocycles. The highest BCUT2D eigenvalue weighted by molar-refractivity contribution is 5.86. The second-order valence-electron chi connectivity index (χ2n) is 12.0. The predicted octanol–water partition coefficient (Wildman–Crippen LogP) is 9.44. The maximum Gasteiger partial charge on any atom is 0.0705 e. The summed E-state index contributed by atoms with van der Waals surface area (Å²) in [4.78, 5) is 14.5. The zero-order valence-corrected chi connectivity index (χ0v) is 30.3. The Morgan fingerprint density at radius 1 is 0.636 bits per heavy atom. The van der Waals surface area contributed by atoms with Gasteiger partial charge in [0.2, 0.25) is 0 Å². The third kappa shape index (κ3) is 9.42. The summed E-state index contributed by atoms with van der Waals surface area (Å²) >= 11 is 0. The van der Waals surface area contributed by atoms with E-state index in [0.717, 1.165) is 37.6 Å². The number of likely N-dealkylation sites (tertiary alicyclic amines) is 1. The Morgan fingerprint density at radius 2 is 1.05 bits per heavy atom. The van der Waals surface area contributed by atoms with Crippen molar-refractivity contribution in [2.45, 2.75) is 73.5 Å². The molecular weight excluding hydrogens is 630 g/mol. The summed E-state index contributed by atoms with van der Waals surface area (Å²) in [5.74, 6) is 0. The number of hydrogen-bond acceptors (Lipinski definition) is 4. The largest absolute Gasteiger partial charge is 0.299 e. The Labute approximate surface area is 289 Å². The van der Waals surface area contributed by atoms with Crippen molar-refractivity contribution in [3.05, 3.63) is 105 Å². The van der Waals surface area contributed by atoms with Crippen molar-refractivity contribution in [1.29, 1.82) is 0 Å². The third-order valence-corrected chi connectivity index (χ3v) is 9.11. The summed E-state index contributed by atoms with van der Waals surface area (Å²) in [7, 11) is 2.28. The Balaban J connectivity index is 0.00000242. The van der Waals surface area contributed by atoms with Gasteiger partial charge in [-0.2, -0.15) is 0 Å². The number of hydrogen-bond donors (Lipinski definition) is 0. The lowest BCUT2D eigenvalue weighted by Crippen LogP contribution is -2.42. The molecule has 1 aliphatic rings. The van der Waals surface area contributed by atoms with Gasteiger partial charge in [-0.25, -0.2) is 0 Å². The van der Waals surface area contributed by atoms with Crippen LogP contribution < -0.4 is 0 Å². The lowest BCUT2D eigenvalue weighted by atomic mass is 9.98.